The van der Waals surface area contributed by atoms with E-state index in [1.54, 1.807) is 31.5 Å². The van der Waals surface area contributed by atoms with Crippen LogP contribution in [-0.4, -0.2) is 128 Å². The predicted molar refractivity (Wildman–Crippen MR) is 267 cm³/mol. The number of nitro benzene ring substituents is 1. The standard InChI is InChI=1S/C48H60ClN8O8PS/c1-32(47(64-4)56-22-24-66(5,61)25-23-56)52-42-13-11-39(28-43(42)57(59)60)67(62,63)53-46(58)40-12-10-37(27-44(40)65-38-26-34-15-17-50-45(34)51-30-38)55-20-18-54(19-21-55)31-35-14-16-48(2,3)29-41(35)33-6-8-36(49)9-7-33/h6-13,15,17,26-28,30,32,47,52,61,66H,14,16,18-25,29,31H2,1-5H3,(H,50,51)(H,53,58)/t32?,47-/m0/s1. The molecule has 3 aromatic carbocycles. The molecule has 4 N–H and O–H groups in total. The second-order valence-electron chi connectivity index (χ2n) is 19.0. The Morgan fingerprint density at radius 3 is 2.46 bits per heavy atom. The third-order valence-corrected chi connectivity index (χ3v) is 17.5. The van der Waals surface area contributed by atoms with Crippen LogP contribution >= 0.6 is 19.1 Å². The summed E-state index contributed by atoms with van der Waals surface area (Å²) >= 11 is 6.25. The van der Waals surface area contributed by atoms with Crippen LogP contribution < -0.4 is 19.7 Å². The first kappa shape index (κ1) is 48.3. The first-order chi connectivity index (χ1) is 31.9. The Bertz CT molecular complexity index is 2770. The SMILES string of the molecule is CO[C@@H](C(C)Nc1ccc(S(=O)(=O)NC(=O)c2ccc(N3CCN(CC4=C(c5ccc(Cl)cc5)CC(C)(C)CC4)CC3)cc2Oc2cnc3[nH]ccc3c2)cc1[N+](=O)[O-])N1CC[PH](C)(O)CC1. The third kappa shape index (κ3) is 11.4. The zero-order valence-corrected chi connectivity index (χ0v) is 41.1. The number of nitro groups is 1. The van der Waals surface area contributed by atoms with Gasteiger partial charge in [0, 0.05) is 61.1 Å². The van der Waals surface area contributed by atoms with Gasteiger partial charge in [-0.3, -0.25) is 9.69 Å². The van der Waals surface area contributed by atoms with Crippen LogP contribution in [0.5, 0.6) is 11.5 Å². The van der Waals surface area contributed by atoms with E-state index in [1.165, 1.54) is 41.1 Å². The number of amides is 1. The van der Waals surface area contributed by atoms with Gasteiger partial charge in [0.25, 0.3) is 5.91 Å². The van der Waals surface area contributed by atoms with Crippen LogP contribution in [0.25, 0.3) is 16.6 Å². The molecule has 2 atom stereocenters. The van der Waals surface area contributed by atoms with Crippen molar-refractivity contribution in [3.63, 3.8) is 0 Å². The monoisotopic (exact) mass is 974 g/mol. The van der Waals surface area contributed by atoms with Gasteiger partial charge in [-0.1, -0.05) is 43.2 Å². The summed E-state index contributed by atoms with van der Waals surface area (Å²) in [7, 11) is -5.33. The van der Waals surface area contributed by atoms with E-state index in [2.05, 4.69) is 60.7 Å². The zero-order valence-electron chi connectivity index (χ0n) is 38.6. The number of anilines is 2. The summed E-state index contributed by atoms with van der Waals surface area (Å²) in [4.78, 5) is 50.1. The Labute approximate surface area is 397 Å². The number of methoxy groups -OCH3 is 1. The quantitative estimate of drug-likeness (QED) is 0.0446. The van der Waals surface area contributed by atoms with Gasteiger partial charge in [-0.15, -0.1) is 0 Å². The molecule has 2 aliphatic heterocycles. The molecular weight excluding hydrogens is 915 g/mol. The van der Waals surface area contributed by atoms with Crippen molar-refractivity contribution >= 4 is 68.7 Å². The van der Waals surface area contributed by atoms with Gasteiger partial charge in [0.15, 0.2) is 0 Å². The van der Waals surface area contributed by atoms with Crippen molar-refractivity contribution in [3.05, 3.63) is 117 Å². The van der Waals surface area contributed by atoms with Crippen LogP contribution in [0.2, 0.25) is 5.02 Å². The van der Waals surface area contributed by atoms with Gasteiger partial charge < -0.3 is 14.6 Å². The molecular formula is C48H60ClN8O8PS. The number of halogens is 1. The second kappa shape index (κ2) is 19.8. The molecule has 0 radical (unpaired) electrons. The van der Waals surface area contributed by atoms with Crippen LogP contribution in [0.3, 0.4) is 0 Å². The van der Waals surface area contributed by atoms with E-state index in [-0.39, 0.29) is 22.4 Å². The number of pyridine rings is 1. The summed E-state index contributed by atoms with van der Waals surface area (Å²) in [6, 6.07) is 19.8. The van der Waals surface area contributed by atoms with E-state index in [4.69, 9.17) is 21.1 Å². The van der Waals surface area contributed by atoms with E-state index in [0.29, 0.717) is 49.9 Å². The van der Waals surface area contributed by atoms with E-state index in [0.717, 1.165) is 61.1 Å². The molecule has 1 amide bonds. The fraction of sp³-hybridized carbons (Fsp3) is 0.417. The summed E-state index contributed by atoms with van der Waals surface area (Å²) < 4.78 is 42.0. The van der Waals surface area contributed by atoms with Crippen LogP contribution in [-0.2, 0) is 14.8 Å². The molecule has 0 saturated carbocycles. The Kier molecular flexibility index (Phi) is 14.3. The van der Waals surface area contributed by atoms with E-state index in [9.17, 15) is 28.2 Å². The Hall–Kier alpha value is -5.13. The molecule has 19 heteroatoms. The van der Waals surface area contributed by atoms with Crippen LogP contribution in [0, 0.1) is 15.5 Å². The first-order valence-corrected chi connectivity index (χ1v) is 27.4. The summed E-state index contributed by atoms with van der Waals surface area (Å²) in [5.41, 5.74) is 5.28. The van der Waals surface area contributed by atoms with Gasteiger partial charge in [-0.2, -0.15) is 0 Å². The summed E-state index contributed by atoms with van der Waals surface area (Å²) in [5.74, 6) is -0.532. The fourth-order valence-corrected chi connectivity index (χ4v) is 12.3. The van der Waals surface area contributed by atoms with Crippen molar-refractivity contribution in [1.29, 1.82) is 0 Å². The molecule has 5 aromatic rings. The number of aromatic amines is 1. The molecule has 4 heterocycles. The topological polar surface area (TPSA) is 195 Å². The molecule has 8 rings (SSSR count). The number of carbonyl (C=O) groups is 1. The number of aromatic nitrogens is 2. The number of sulfonamides is 1. The van der Waals surface area contributed by atoms with E-state index < -0.39 is 51.2 Å². The Morgan fingerprint density at radius 2 is 1.76 bits per heavy atom. The first-order valence-electron chi connectivity index (χ1n) is 22.7. The number of fused-ring (bicyclic) bond motifs is 1. The van der Waals surface area contributed by atoms with Gasteiger partial charge in [0.05, 0.1) is 11.8 Å². The summed E-state index contributed by atoms with van der Waals surface area (Å²) in [5, 5.41) is 17.0. The zero-order chi connectivity index (χ0) is 47.7. The van der Waals surface area contributed by atoms with E-state index >= 15 is 0 Å². The maximum absolute atomic E-state index is 14.1. The molecule has 2 saturated heterocycles. The average molecular weight is 976 g/mol. The molecule has 1 aliphatic carbocycles. The van der Waals surface area contributed by atoms with Crippen LogP contribution in [0.1, 0.15) is 56.0 Å². The third-order valence-electron chi connectivity index (χ3n) is 13.3. The van der Waals surface area contributed by atoms with Crippen molar-refractivity contribution < 1.29 is 32.5 Å². The number of nitrogens with zero attached hydrogens (tertiary/aromatic N) is 5. The van der Waals surface area contributed by atoms with Crippen LogP contribution in [0.4, 0.5) is 17.1 Å². The molecule has 67 heavy (non-hydrogen) atoms. The fourth-order valence-electron chi connectivity index (χ4n) is 9.41. The number of carbonyl (C=O) groups excluding carboxylic acids is 1. The van der Waals surface area contributed by atoms with Gasteiger partial charge in [0.1, 0.15) is 17.1 Å². The molecule has 0 bridgehead atoms. The molecule has 2 fully saturated rings. The summed E-state index contributed by atoms with van der Waals surface area (Å²) in [6.07, 6.45) is 7.34. The number of rotatable bonds is 15. The molecule has 1 unspecified atom stereocenters. The normalized spacial score (nSPS) is 19.4. The van der Waals surface area contributed by atoms with Crippen molar-refractivity contribution in [1.82, 2.24) is 24.5 Å². The number of nitrogens with one attached hydrogen (secondary N) is 3. The number of ether oxygens (including phenoxy) is 2. The summed E-state index contributed by atoms with van der Waals surface area (Å²) in [6.45, 7) is 13.6. The number of hydrogen-bond donors (Lipinski definition) is 4. The minimum absolute atomic E-state index is 0.0591. The number of H-pyrrole nitrogens is 1. The molecule has 16 nitrogen and oxygen atoms in total. The van der Waals surface area contributed by atoms with Crippen LogP contribution in [0.15, 0.2) is 95.7 Å². The van der Waals surface area contributed by atoms with E-state index in [1.807, 2.05) is 31.8 Å². The maximum atomic E-state index is 14.1. The van der Waals surface area contributed by atoms with Crippen molar-refractivity contribution in [3.8, 4) is 11.5 Å². The van der Waals surface area contributed by atoms with Gasteiger partial charge in [0.2, 0.25) is 0 Å². The second-order valence-corrected chi connectivity index (χ2v) is 25.1. The predicted octanol–water partition coefficient (Wildman–Crippen LogP) is 8.20. The van der Waals surface area contributed by atoms with Crippen molar-refractivity contribution in [2.75, 3.05) is 82.1 Å². The van der Waals surface area contributed by atoms with Gasteiger partial charge in [-0.05, 0) is 72.2 Å². The van der Waals surface area contributed by atoms with Crippen molar-refractivity contribution in [2.24, 2.45) is 5.41 Å². The Morgan fingerprint density at radius 1 is 1.03 bits per heavy atom. The van der Waals surface area contributed by atoms with Crippen molar-refractivity contribution in [2.45, 2.75) is 57.2 Å². The number of benzene rings is 3. The molecule has 0 spiro atoms. The number of hydrogen-bond acceptors (Lipinski definition) is 13. The van der Waals surface area contributed by atoms with Gasteiger partial charge >= 0.3 is 158 Å². The number of allylic oxidation sites excluding steroid dienone is 1. The molecule has 2 aromatic heterocycles. The van der Waals surface area contributed by atoms with Gasteiger partial charge in [-0.25, -0.2) is 4.98 Å². The molecule has 358 valence electrons. The Balaban J connectivity index is 0.996. The molecule has 3 aliphatic rings. The number of piperazine rings is 1. The minimum atomic E-state index is -4.63. The average Bonchev–Trinajstić information content (AvgIpc) is 3.76.